The summed E-state index contributed by atoms with van der Waals surface area (Å²) >= 11 is 0. The molecule has 6 nitrogen and oxygen atoms in total. The fourth-order valence-electron chi connectivity index (χ4n) is 2.77. The maximum atomic E-state index is 12.4. The Kier molecular flexibility index (Phi) is 4.11. The number of carbonyl (C=O) groups excluding carboxylic acids is 1. The van der Waals surface area contributed by atoms with Crippen LogP contribution < -0.4 is 10.1 Å². The van der Waals surface area contributed by atoms with Crippen molar-refractivity contribution >= 4 is 11.6 Å². The van der Waals surface area contributed by atoms with Crippen LogP contribution in [-0.4, -0.2) is 27.8 Å². The molecular formula is C16H19N3O3. The molecule has 1 aliphatic carbocycles. The molecule has 0 unspecified atom stereocenters. The summed E-state index contributed by atoms with van der Waals surface area (Å²) in [4.78, 5) is 12.4. The third kappa shape index (κ3) is 2.69. The summed E-state index contributed by atoms with van der Waals surface area (Å²) in [6.45, 7) is 2.27. The summed E-state index contributed by atoms with van der Waals surface area (Å²) in [5.41, 5.74) is 3.81. The summed E-state index contributed by atoms with van der Waals surface area (Å²) in [6, 6.07) is 5.23. The predicted octanol–water partition coefficient (Wildman–Crippen LogP) is 2.04. The van der Waals surface area contributed by atoms with Crippen LogP contribution in [0.3, 0.4) is 0 Å². The Morgan fingerprint density at radius 2 is 2.32 bits per heavy atom. The van der Waals surface area contributed by atoms with E-state index in [9.17, 15) is 9.90 Å². The summed E-state index contributed by atoms with van der Waals surface area (Å²) in [6.07, 6.45) is 2.90. The van der Waals surface area contributed by atoms with Crippen molar-refractivity contribution in [1.29, 1.82) is 0 Å². The van der Waals surface area contributed by atoms with Crippen molar-refractivity contribution < 1.29 is 14.6 Å². The van der Waals surface area contributed by atoms with Crippen molar-refractivity contribution in [1.82, 2.24) is 10.2 Å². The van der Waals surface area contributed by atoms with Crippen LogP contribution in [0.2, 0.25) is 0 Å². The van der Waals surface area contributed by atoms with Crippen molar-refractivity contribution in [3.8, 4) is 5.75 Å². The lowest BCUT2D eigenvalue weighted by molar-refractivity contribution is 0.102. The number of ether oxygens (including phenoxy) is 1. The normalized spacial score (nSPS) is 13.0. The molecule has 6 heteroatoms. The van der Waals surface area contributed by atoms with E-state index in [-0.39, 0.29) is 12.5 Å². The number of amides is 1. The Morgan fingerprint density at radius 1 is 1.45 bits per heavy atom. The van der Waals surface area contributed by atoms with Crippen molar-refractivity contribution in [2.45, 2.75) is 32.8 Å². The monoisotopic (exact) mass is 301 g/mol. The average molecular weight is 301 g/mol. The zero-order chi connectivity index (χ0) is 15.5. The summed E-state index contributed by atoms with van der Waals surface area (Å²) in [7, 11) is 0. The van der Waals surface area contributed by atoms with Gasteiger partial charge in [0.1, 0.15) is 5.75 Å². The first-order chi connectivity index (χ1) is 10.7. The number of aromatic nitrogens is 2. The Bertz CT molecular complexity index is 694. The standard InChI is InChI=1S/C16H19N3O3/c1-2-22-14-7-6-11(8-10(14)9-20)17-16(21)15-12-4-3-5-13(12)18-19-15/h6-8,20H,2-5,9H2,1H3,(H,17,21)(H,18,19). The summed E-state index contributed by atoms with van der Waals surface area (Å²) in [5.74, 6) is 0.399. The minimum atomic E-state index is -0.229. The molecule has 1 aromatic carbocycles. The number of hydrogen-bond acceptors (Lipinski definition) is 4. The highest BCUT2D eigenvalue weighted by Gasteiger charge is 2.23. The van der Waals surface area contributed by atoms with Gasteiger partial charge in [-0.05, 0) is 44.4 Å². The lowest BCUT2D eigenvalue weighted by atomic mass is 10.1. The van der Waals surface area contributed by atoms with E-state index in [1.54, 1.807) is 18.2 Å². The van der Waals surface area contributed by atoms with Crippen LogP contribution in [0.4, 0.5) is 5.69 Å². The van der Waals surface area contributed by atoms with E-state index in [2.05, 4.69) is 15.5 Å². The molecule has 0 spiro atoms. The fourth-order valence-corrected chi connectivity index (χ4v) is 2.77. The highest BCUT2D eigenvalue weighted by Crippen LogP contribution is 2.25. The third-order valence-electron chi connectivity index (χ3n) is 3.81. The number of aryl methyl sites for hydroxylation is 1. The van der Waals surface area contributed by atoms with E-state index < -0.39 is 0 Å². The zero-order valence-electron chi connectivity index (χ0n) is 12.5. The summed E-state index contributed by atoms with van der Waals surface area (Å²) in [5, 5.41) is 19.3. The van der Waals surface area contributed by atoms with E-state index in [0.717, 1.165) is 30.5 Å². The van der Waals surface area contributed by atoms with Gasteiger partial charge >= 0.3 is 0 Å². The smallest absolute Gasteiger partial charge is 0.276 e. The minimum absolute atomic E-state index is 0.142. The lowest BCUT2D eigenvalue weighted by Gasteiger charge is -2.11. The second kappa shape index (κ2) is 6.19. The average Bonchev–Trinajstić information content (AvgIpc) is 3.11. The molecule has 1 amide bonds. The van der Waals surface area contributed by atoms with Crippen molar-refractivity contribution in [3.05, 3.63) is 40.7 Å². The quantitative estimate of drug-likeness (QED) is 0.788. The molecule has 0 saturated heterocycles. The number of hydrogen-bond donors (Lipinski definition) is 3. The van der Waals surface area contributed by atoms with Gasteiger partial charge in [0.25, 0.3) is 5.91 Å². The largest absolute Gasteiger partial charge is 0.494 e. The van der Waals surface area contributed by atoms with Crippen molar-refractivity contribution in [2.75, 3.05) is 11.9 Å². The number of carbonyl (C=O) groups is 1. The van der Waals surface area contributed by atoms with Gasteiger partial charge < -0.3 is 15.2 Å². The number of anilines is 1. The van der Waals surface area contributed by atoms with Gasteiger partial charge in [-0.15, -0.1) is 0 Å². The molecule has 0 radical (unpaired) electrons. The number of fused-ring (bicyclic) bond motifs is 1. The first-order valence-corrected chi connectivity index (χ1v) is 7.47. The van der Waals surface area contributed by atoms with Gasteiger partial charge in [-0.1, -0.05) is 0 Å². The zero-order valence-corrected chi connectivity index (χ0v) is 12.5. The maximum Gasteiger partial charge on any atom is 0.276 e. The first kappa shape index (κ1) is 14.6. The van der Waals surface area contributed by atoms with Crippen LogP contribution in [0.5, 0.6) is 5.75 Å². The van der Waals surface area contributed by atoms with Crippen LogP contribution in [0, 0.1) is 0 Å². The van der Waals surface area contributed by atoms with Gasteiger partial charge in [0.05, 0.1) is 13.2 Å². The predicted molar refractivity (Wildman–Crippen MR) is 82.1 cm³/mol. The van der Waals surface area contributed by atoms with E-state index in [0.29, 0.717) is 29.3 Å². The number of H-pyrrole nitrogens is 1. The minimum Gasteiger partial charge on any atom is -0.494 e. The highest BCUT2D eigenvalue weighted by atomic mass is 16.5. The molecule has 22 heavy (non-hydrogen) atoms. The lowest BCUT2D eigenvalue weighted by Crippen LogP contribution is -2.14. The number of rotatable bonds is 5. The van der Waals surface area contributed by atoms with Crippen LogP contribution in [0.15, 0.2) is 18.2 Å². The second-order valence-electron chi connectivity index (χ2n) is 5.25. The molecule has 1 aromatic heterocycles. The van der Waals surface area contributed by atoms with Gasteiger partial charge in [-0.25, -0.2) is 0 Å². The number of aromatic amines is 1. The Morgan fingerprint density at radius 3 is 3.09 bits per heavy atom. The SMILES string of the molecule is CCOc1ccc(NC(=O)c2n[nH]c3c2CCC3)cc1CO. The molecule has 0 aliphatic heterocycles. The molecule has 0 saturated carbocycles. The highest BCUT2D eigenvalue weighted by molar-refractivity contribution is 6.04. The maximum absolute atomic E-state index is 12.4. The second-order valence-corrected chi connectivity index (χ2v) is 5.25. The Hall–Kier alpha value is -2.34. The molecule has 2 aromatic rings. The molecule has 0 atom stereocenters. The number of nitrogens with one attached hydrogen (secondary N) is 2. The first-order valence-electron chi connectivity index (χ1n) is 7.47. The van der Waals surface area contributed by atoms with Gasteiger partial charge in [-0.3, -0.25) is 9.89 Å². The summed E-state index contributed by atoms with van der Waals surface area (Å²) < 4.78 is 5.43. The molecule has 116 valence electrons. The van der Waals surface area contributed by atoms with Crippen LogP contribution in [0.25, 0.3) is 0 Å². The molecular weight excluding hydrogens is 282 g/mol. The Balaban J connectivity index is 1.79. The number of nitrogens with zero attached hydrogens (tertiary/aromatic N) is 1. The van der Waals surface area contributed by atoms with E-state index >= 15 is 0 Å². The molecule has 3 N–H and O–H groups in total. The van der Waals surface area contributed by atoms with Gasteiger partial charge in [-0.2, -0.15) is 5.10 Å². The van der Waals surface area contributed by atoms with Crippen LogP contribution in [-0.2, 0) is 19.4 Å². The molecule has 0 fully saturated rings. The number of benzene rings is 1. The fraction of sp³-hybridized carbons (Fsp3) is 0.375. The van der Waals surface area contributed by atoms with Gasteiger partial charge in [0, 0.05) is 22.5 Å². The molecule has 1 aliphatic rings. The van der Waals surface area contributed by atoms with Gasteiger partial charge in [0.2, 0.25) is 0 Å². The van der Waals surface area contributed by atoms with Gasteiger partial charge in [0.15, 0.2) is 5.69 Å². The van der Waals surface area contributed by atoms with E-state index in [1.807, 2.05) is 6.92 Å². The molecule has 3 rings (SSSR count). The number of aliphatic hydroxyl groups is 1. The van der Waals surface area contributed by atoms with Crippen molar-refractivity contribution in [2.24, 2.45) is 0 Å². The Labute approximate surface area is 128 Å². The van der Waals surface area contributed by atoms with E-state index in [1.165, 1.54) is 0 Å². The third-order valence-corrected chi connectivity index (χ3v) is 3.81. The van der Waals surface area contributed by atoms with E-state index in [4.69, 9.17) is 4.74 Å². The topological polar surface area (TPSA) is 87.2 Å². The van der Waals surface area contributed by atoms with Crippen LogP contribution in [0.1, 0.15) is 40.7 Å². The molecule has 1 heterocycles. The number of aliphatic hydroxyl groups excluding tert-OH is 1. The van der Waals surface area contributed by atoms with Crippen LogP contribution >= 0.6 is 0 Å². The molecule has 0 bridgehead atoms. The van der Waals surface area contributed by atoms with Crippen molar-refractivity contribution in [3.63, 3.8) is 0 Å².